The van der Waals surface area contributed by atoms with Crippen LogP contribution in [0.5, 0.6) is 0 Å². The number of aromatic nitrogens is 2. The molecule has 0 fully saturated rings. The molecular formula is C19H20N4O3. The molecule has 0 aliphatic carbocycles. The summed E-state index contributed by atoms with van der Waals surface area (Å²) in [6.07, 6.45) is 0.736. The number of hydrogen-bond donors (Lipinski definition) is 3. The number of aryl methyl sites for hydroxylation is 1. The number of anilines is 1. The number of carboxylic acid groups (broad SMARTS) is 1. The van der Waals surface area contributed by atoms with Crippen molar-refractivity contribution in [3.05, 3.63) is 59.8 Å². The normalized spacial score (nSPS) is 10.7. The minimum Gasteiger partial charge on any atom is -0.476 e. The molecule has 0 unspecified atom stereocenters. The second-order valence-electron chi connectivity index (χ2n) is 5.82. The fraction of sp³-hybridized carbons (Fsp3) is 0.211. The molecule has 0 aliphatic heterocycles. The molecule has 26 heavy (non-hydrogen) atoms. The zero-order valence-corrected chi connectivity index (χ0v) is 14.4. The standard InChI is InChI=1S/C19H20N4O3/c1-2-23-16-9-8-14(12-15(16)17(22-23)18(24)25)21-19(26)20-11-10-13-6-4-3-5-7-13/h3-9,12H,2,10-11H2,1H3,(H,24,25)(H2,20,21,26). The zero-order chi connectivity index (χ0) is 18.5. The highest BCUT2D eigenvalue weighted by molar-refractivity contribution is 6.03. The second kappa shape index (κ2) is 7.69. The Morgan fingerprint density at radius 3 is 2.62 bits per heavy atom. The Bertz CT molecular complexity index is 935. The summed E-state index contributed by atoms with van der Waals surface area (Å²) in [5, 5.41) is 19.4. The molecule has 2 aromatic carbocycles. The number of benzene rings is 2. The van der Waals surface area contributed by atoms with Crippen LogP contribution in [-0.2, 0) is 13.0 Å². The third kappa shape index (κ3) is 3.83. The van der Waals surface area contributed by atoms with Crippen molar-refractivity contribution in [2.75, 3.05) is 11.9 Å². The molecule has 0 spiro atoms. The number of urea groups is 1. The summed E-state index contributed by atoms with van der Waals surface area (Å²) in [4.78, 5) is 23.4. The minimum absolute atomic E-state index is 0.0185. The van der Waals surface area contributed by atoms with E-state index in [9.17, 15) is 14.7 Å². The number of rotatable bonds is 6. The van der Waals surface area contributed by atoms with Crippen LogP contribution in [0.1, 0.15) is 23.0 Å². The molecule has 1 heterocycles. The highest BCUT2D eigenvalue weighted by atomic mass is 16.4. The molecule has 2 amide bonds. The fourth-order valence-corrected chi connectivity index (χ4v) is 2.80. The molecule has 0 saturated heterocycles. The summed E-state index contributed by atoms with van der Waals surface area (Å²) in [5.74, 6) is -1.09. The average Bonchev–Trinajstić information content (AvgIpc) is 3.01. The molecule has 1 aromatic heterocycles. The van der Waals surface area contributed by atoms with Gasteiger partial charge in [0.1, 0.15) is 0 Å². The number of nitrogens with zero attached hydrogens (tertiary/aromatic N) is 2. The predicted molar refractivity (Wildman–Crippen MR) is 99.5 cm³/mol. The van der Waals surface area contributed by atoms with Crippen molar-refractivity contribution in [3.8, 4) is 0 Å². The number of carbonyl (C=O) groups is 2. The molecule has 7 nitrogen and oxygen atoms in total. The zero-order valence-electron chi connectivity index (χ0n) is 14.4. The molecule has 0 aliphatic rings. The monoisotopic (exact) mass is 352 g/mol. The molecule has 0 radical (unpaired) electrons. The van der Waals surface area contributed by atoms with Crippen molar-refractivity contribution >= 4 is 28.6 Å². The Balaban J connectivity index is 1.67. The molecule has 134 valence electrons. The van der Waals surface area contributed by atoms with Gasteiger partial charge >= 0.3 is 12.0 Å². The number of hydrogen-bond acceptors (Lipinski definition) is 3. The molecule has 0 atom stereocenters. The van der Waals surface area contributed by atoms with Gasteiger partial charge in [-0.25, -0.2) is 9.59 Å². The Morgan fingerprint density at radius 1 is 1.15 bits per heavy atom. The van der Waals surface area contributed by atoms with E-state index in [4.69, 9.17) is 0 Å². The number of nitrogens with one attached hydrogen (secondary N) is 2. The van der Waals surface area contributed by atoms with Crippen LogP contribution in [0, 0.1) is 0 Å². The molecule has 0 saturated carbocycles. The van der Waals surface area contributed by atoms with E-state index in [-0.39, 0.29) is 11.7 Å². The summed E-state index contributed by atoms with van der Waals surface area (Å²) >= 11 is 0. The number of amides is 2. The molecule has 7 heteroatoms. The lowest BCUT2D eigenvalue weighted by atomic mass is 10.1. The van der Waals surface area contributed by atoms with E-state index in [1.165, 1.54) is 0 Å². The van der Waals surface area contributed by atoms with E-state index in [0.717, 1.165) is 17.5 Å². The van der Waals surface area contributed by atoms with Gasteiger partial charge in [0.05, 0.1) is 5.52 Å². The number of aromatic carboxylic acids is 1. The van der Waals surface area contributed by atoms with Gasteiger partial charge in [0.25, 0.3) is 0 Å². The maximum atomic E-state index is 12.1. The highest BCUT2D eigenvalue weighted by Crippen LogP contribution is 2.23. The van der Waals surface area contributed by atoms with E-state index < -0.39 is 5.97 Å². The van der Waals surface area contributed by atoms with Crippen LogP contribution in [0.15, 0.2) is 48.5 Å². The first-order chi connectivity index (χ1) is 12.6. The SMILES string of the molecule is CCn1nc(C(=O)O)c2cc(NC(=O)NCCc3ccccc3)ccc21. The third-order valence-corrected chi connectivity index (χ3v) is 4.05. The van der Waals surface area contributed by atoms with Crippen molar-refractivity contribution in [3.63, 3.8) is 0 Å². The topological polar surface area (TPSA) is 96.2 Å². The van der Waals surface area contributed by atoms with Crippen LogP contribution >= 0.6 is 0 Å². The van der Waals surface area contributed by atoms with Gasteiger partial charge in [-0.1, -0.05) is 30.3 Å². The molecule has 3 rings (SSSR count). The number of fused-ring (bicyclic) bond motifs is 1. The molecular weight excluding hydrogens is 332 g/mol. The van der Waals surface area contributed by atoms with Crippen LogP contribution in [0.25, 0.3) is 10.9 Å². The maximum absolute atomic E-state index is 12.1. The summed E-state index contributed by atoms with van der Waals surface area (Å²) in [6, 6.07) is 14.7. The van der Waals surface area contributed by atoms with E-state index >= 15 is 0 Å². The van der Waals surface area contributed by atoms with E-state index in [1.54, 1.807) is 22.9 Å². The number of carboxylic acids is 1. The van der Waals surface area contributed by atoms with Crippen molar-refractivity contribution in [2.45, 2.75) is 19.9 Å². The van der Waals surface area contributed by atoms with Gasteiger partial charge in [0.15, 0.2) is 5.69 Å². The van der Waals surface area contributed by atoms with Gasteiger partial charge in [0.2, 0.25) is 0 Å². The molecule has 0 bridgehead atoms. The first-order valence-corrected chi connectivity index (χ1v) is 8.41. The lowest BCUT2D eigenvalue weighted by Crippen LogP contribution is -2.30. The van der Waals surface area contributed by atoms with Crippen LogP contribution < -0.4 is 10.6 Å². The van der Waals surface area contributed by atoms with Gasteiger partial charge in [-0.15, -0.1) is 0 Å². The quantitative estimate of drug-likeness (QED) is 0.635. The van der Waals surface area contributed by atoms with E-state index in [1.807, 2.05) is 37.3 Å². The van der Waals surface area contributed by atoms with Crippen LogP contribution in [0.2, 0.25) is 0 Å². The van der Waals surface area contributed by atoms with Gasteiger partial charge in [-0.2, -0.15) is 5.10 Å². The van der Waals surface area contributed by atoms with E-state index in [2.05, 4.69) is 15.7 Å². The summed E-state index contributed by atoms with van der Waals surface area (Å²) in [5.41, 5.74) is 2.37. The van der Waals surface area contributed by atoms with Gasteiger partial charge in [0, 0.05) is 24.2 Å². The Hall–Kier alpha value is -3.35. The van der Waals surface area contributed by atoms with Crippen molar-refractivity contribution < 1.29 is 14.7 Å². The Kier molecular flexibility index (Phi) is 5.17. The van der Waals surface area contributed by atoms with Crippen LogP contribution in [-0.4, -0.2) is 33.4 Å². The fourth-order valence-electron chi connectivity index (χ4n) is 2.80. The minimum atomic E-state index is -1.09. The first kappa shape index (κ1) is 17.5. The Morgan fingerprint density at radius 2 is 1.92 bits per heavy atom. The summed E-state index contributed by atoms with van der Waals surface area (Å²) in [6.45, 7) is 2.97. The van der Waals surface area contributed by atoms with Crippen LogP contribution in [0.4, 0.5) is 10.5 Å². The second-order valence-corrected chi connectivity index (χ2v) is 5.82. The van der Waals surface area contributed by atoms with E-state index in [0.29, 0.717) is 24.2 Å². The van der Waals surface area contributed by atoms with Gasteiger partial charge in [-0.05, 0) is 37.1 Å². The third-order valence-electron chi connectivity index (χ3n) is 4.05. The van der Waals surface area contributed by atoms with Gasteiger partial charge < -0.3 is 15.7 Å². The summed E-state index contributed by atoms with van der Waals surface area (Å²) in [7, 11) is 0. The molecule has 3 aromatic rings. The predicted octanol–water partition coefficient (Wildman–Crippen LogP) is 3.12. The highest BCUT2D eigenvalue weighted by Gasteiger charge is 2.16. The smallest absolute Gasteiger partial charge is 0.357 e. The Labute approximate surface area is 150 Å². The van der Waals surface area contributed by atoms with Gasteiger partial charge in [-0.3, -0.25) is 4.68 Å². The lowest BCUT2D eigenvalue weighted by Gasteiger charge is -2.08. The van der Waals surface area contributed by atoms with Crippen molar-refractivity contribution in [1.82, 2.24) is 15.1 Å². The van der Waals surface area contributed by atoms with Crippen molar-refractivity contribution in [2.24, 2.45) is 0 Å². The summed E-state index contributed by atoms with van der Waals surface area (Å²) < 4.78 is 1.63. The van der Waals surface area contributed by atoms with Crippen LogP contribution in [0.3, 0.4) is 0 Å². The largest absolute Gasteiger partial charge is 0.476 e. The number of carbonyl (C=O) groups excluding carboxylic acids is 1. The first-order valence-electron chi connectivity index (χ1n) is 8.41. The maximum Gasteiger partial charge on any atom is 0.357 e. The lowest BCUT2D eigenvalue weighted by molar-refractivity contribution is 0.0691. The molecule has 3 N–H and O–H groups in total. The van der Waals surface area contributed by atoms with Crippen molar-refractivity contribution in [1.29, 1.82) is 0 Å². The average molecular weight is 352 g/mol.